The van der Waals surface area contributed by atoms with E-state index in [9.17, 15) is 0 Å². The quantitative estimate of drug-likeness (QED) is 0.516. The zero-order valence-electron chi connectivity index (χ0n) is 17.1. The number of methoxy groups -OCH3 is 1. The molecule has 1 fully saturated rings. The second kappa shape index (κ2) is 9.49. The smallest absolute Gasteiger partial charge is 0.189 e. The molecule has 0 amide bonds. The molecule has 3 heterocycles. The highest BCUT2D eigenvalue weighted by molar-refractivity contribution is 7.20. The third kappa shape index (κ3) is 4.76. The maximum atomic E-state index is 6.27. The summed E-state index contributed by atoms with van der Waals surface area (Å²) in [6.45, 7) is 4.45. The molecule has 0 spiro atoms. The van der Waals surface area contributed by atoms with Crippen LogP contribution in [0.15, 0.2) is 36.7 Å². The van der Waals surface area contributed by atoms with Gasteiger partial charge < -0.3 is 20.3 Å². The second-order valence-corrected chi connectivity index (χ2v) is 8.58. The predicted octanol–water partition coefficient (Wildman–Crippen LogP) is 4.81. The van der Waals surface area contributed by atoms with Crippen molar-refractivity contribution in [2.24, 2.45) is 0 Å². The summed E-state index contributed by atoms with van der Waals surface area (Å²) in [4.78, 5) is 15.9. The summed E-state index contributed by atoms with van der Waals surface area (Å²) in [6.07, 6.45) is 5.91. The minimum atomic E-state index is 0.509. The van der Waals surface area contributed by atoms with Gasteiger partial charge in [-0.05, 0) is 43.5 Å². The van der Waals surface area contributed by atoms with Gasteiger partial charge in [-0.3, -0.25) is 0 Å². The van der Waals surface area contributed by atoms with Gasteiger partial charge in [0.1, 0.15) is 16.6 Å². The van der Waals surface area contributed by atoms with Crippen LogP contribution in [0.4, 0.5) is 16.0 Å². The number of thiazole rings is 1. The van der Waals surface area contributed by atoms with E-state index in [-0.39, 0.29) is 0 Å². The Morgan fingerprint density at radius 3 is 2.77 bits per heavy atom. The van der Waals surface area contributed by atoms with E-state index in [0.717, 1.165) is 33.9 Å². The highest BCUT2D eigenvalue weighted by Gasteiger charge is 2.25. The lowest BCUT2D eigenvalue weighted by molar-refractivity contribution is 0.415. The van der Waals surface area contributed by atoms with Crippen LogP contribution in [0.2, 0.25) is 5.02 Å². The molecule has 0 radical (unpaired) electrons. The molecule has 30 heavy (non-hydrogen) atoms. The topological polar surface area (TPSA) is 75.2 Å². The molecule has 1 aliphatic heterocycles. The number of anilines is 3. The van der Waals surface area contributed by atoms with Gasteiger partial charge in [-0.2, -0.15) is 0 Å². The van der Waals surface area contributed by atoms with Gasteiger partial charge in [0.25, 0.3) is 0 Å². The van der Waals surface area contributed by atoms with Crippen LogP contribution in [0, 0.1) is 0 Å². The normalized spacial score (nSPS) is 16.0. The number of aromatic nitrogens is 3. The van der Waals surface area contributed by atoms with Crippen molar-refractivity contribution in [2.45, 2.75) is 38.9 Å². The molecule has 1 atom stereocenters. The first-order valence-corrected chi connectivity index (χ1v) is 11.2. The molecule has 9 heteroatoms. The molecule has 2 aromatic heterocycles. The molecule has 0 bridgehead atoms. The number of ether oxygens (including phenoxy) is 1. The van der Waals surface area contributed by atoms with E-state index in [1.165, 1.54) is 12.8 Å². The molecule has 0 aliphatic carbocycles. The summed E-state index contributed by atoms with van der Waals surface area (Å²) < 4.78 is 5.24. The van der Waals surface area contributed by atoms with E-state index in [4.69, 9.17) is 21.3 Å². The number of halogens is 1. The average Bonchev–Trinajstić information content (AvgIpc) is 3.37. The summed E-state index contributed by atoms with van der Waals surface area (Å²) in [5.41, 5.74) is 1.06. The molecule has 0 saturated carbocycles. The summed E-state index contributed by atoms with van der Waals surface area (Å²) in [5.74, 6) is 2.25. The first-order valence-electron chi connectivity index (χ1n) is 9.97. The number of rotatable bonds is 8. The van der Waals surface area contributed by atoms with E-state index in [1.54, 1.807) is 30.8 Å². The Kier molecular flexibility index (Phi) is 6.54. The van der Waals surface area contributed by atoms with Gasteiger partial charge in [-0.15, -0.1) is 0 Å². The van der Waals surface area contributed by atoms with Gasteiger partial charge in [-0.1, -0.05) is 29.0 Å². The number of nitrogens with one attached hydrogen (secondary N) is 2. The Morgan fingerprint density at radius 2 is 2.07 bits per heavy atom. The minimum Gasteiger partial charge on any atom is -0.495 e. The molecular formula is C21H25ClN6OS. The largest absolute Gasteiger partial charge is 0.495 e. The van der Waals surface area contributed by atoms with Crippen molar-refractivity contribution in [3.8, 4) is 5.75 Å². The van der Waals surface area contributed by atoms with Crippen LogP contribution < -0.4 is 20.3 Å². The van der Waals surface area contributed by atoms with Crippen molar-refractivity contribution in [3.05, 3.63) is 53.1 Å². The SMILES string of the molecule is COc1ccc(CNc2nc(N3CCCC3C)sc2NCc2ncccn2)cc1Cl. The third-order valence-corrected chi connectivity index (χ3v) is 6.46. The van der Waals surface area contributed by atoms with Crippen molar-refractivity contribution in [1.82, 2.24) is 15.0 Å². The standard InChI is InChI=1S/C21H25ClN6OS/c1-14-5-3-10-28(14)21-27-19(20(30-21)26-13-18-23-8-4-9-24-18)25-12-15-6-7-17(29-2)16(22)11-15/h4,6-9,11,14,25-26H,3,5,10,12-13H2,1-2H3. The third-order valence-electron chi connectivity index (χ3n) is 5.12. The van der Waals surface area contributed by atoms with Crippen molar-refractivity contribution in [3.63, 3.8) is 0 Å². The lowest BCUT2D eigenvalue weighted by Gasteiger charge is -2.19. The van der Waals surface area contributed by atoms with Crippen LogP contribution >= 0.6 is 22.9 Å². The molecule has 1 saturated heterocycles. The van der Waals surface area contributed by atoms with Crippen LogP contribution in [0.5, 0.6) is 5.75 Å². The number of hydrogen-bond acceptors (Lipinski definition) is 8. The molecule has 1 unspecified atom stereocenters. The maximum Gasteiger partial charge on any atom is 0.189 e. The highest BCUT2D eigenvalue weighted by atomic mass is 35.5. The number of benzene rings is 1. The van der Waals surface area contributed by atoms with Crippen LogP contribution in [0.1, 0.15) is 31.2 Å². The van der Waals surface area contributed by atoms with Gasteiger partial charge in [-0.25, -0.2) is 15.0 Å². The van der Waals surface area contributed by atoms with Crippen LogP contribution in [0.3, 0.4) is 0 Å². The molecule has 1 aliphatic rings. The number of nitrogens with zero attached hydrogens (tertiary/aromatic N) is 4. The van der Waals surface area contributed by atoms with Crippen molar-refractivity contribution in [2.75, 3.05) is 29.2 Å². The van der Waals surface area contributed by atoms with Gasteiger partial charge in [0.15, 0.2) is 10.9 Å². The summed E-state index contributed by atoms with van der Waals surface area (Å²) >= 11 is 7.93. The molecule has 7 nitrogen and oxygen atoms in total. The molecular weight excluding hydrogens is 420 g/mol. The molecule has 158 valence electrons. The Morgan fingerprint density at radius 1 is 1.23 bits per heavy atom. The monoisotopic (exact) mass is 444 g/mol. The van der Waals surface area contributed by atoms with Gasteiger partial charge in [0.05, 0.1) is 18.7 Å². The fourth-order valence-corrected chi connectivity index (χ4v) is 4.82. The van der Waals surface area contributed by atoms with E-state index in [2.05, 4.69) is 32.4 Å². The first-order chi connectivity index (χ1) is 14.6. The zero-order chi connectivity index (χ0) is 20.9. The minimum absolute atomic E-state index is 0.509. The van der Waals surface area contributed by atoms with Gasteiger partial charge in [0.2, 0.25) is 0 Å². The lowest BCUT2D eigenvalue weighted by Crippen LogP contribution is -2.25. The van der Waals surface area contributed by atoms with Gasteiger partial charge in [0, 0.05) is 31.5 Å². The Balaban J connectivity index is 1.51. The molecule has 3 aromatic rings. The first kappa shape index (κ1) is 20.7. The molecule has 1 aromatic carbocycles. The lowest BCUT2D eigenvalue weighted by atomic mass is 10.2. The maximum absolute atomic E-state index is 6.27. The van der Waals surface area contributed by atoms with Crippen molar-refractivity contribution in [1.29, 1.82) is 0 Å². The fraction of sp³-hybridized carbons (Fsp3) is 0.381. The summed E-state index contributed by atoms with van der Waals surface area (Å²) in [5, 5.41) is 9.52. The van der Waals surface area contributed by atoms with Crippen molar-refractivity contribution >= 4 is 38.9 Å². The summed E-state index contributed by atoms with van der Waals surface area (Å²) in [7, 11) is 1.61. The van der Waals surface area contributed by atoms with E-state index < -0.39 is 0 Å². The van der Waals surface area contributed by atoms with E-state index in [0.29, 0.717) is 29.9 Å². The predicted molar refractivity (Wildman–Crippen MR) is 123 cm³/mol. The molecule has 2 N–H and O–H groups in total. The van der Waals surface area contributed by atoms with Crippen LogP contribution in [-0.4, -0.2) is 34.6 Å². The Bertz CT molecular complexity index is 983. The van der Waals surface area contributed by atoms with Gasteiger partial charge >= 0.3 is 0 Å². The Hall–Kier alpha value is -2.58. The highest BCUT2D eigenvalue weighted by Crippen LogP contribution is 2.38. The van der Waals surface area contributed by atoms with E-state index >= 15 is 0 Å². The van der Waals surface area contributed by atoms with Crippen LogP contribution in [0.25, 0.3) is 0 Å². The van der Waals surface area contributed by atoms with Crippen molar-refractivity contribution < 1.29 is 4.74 Å². The summed E-state index contributed by atoms with van der Waals surface area (Å²) in [6, 6.07) is 8.11. The fourth-order valence-electron chi connectivity index (χ4n) is 3.47. The van der Waals surface area contributed by atoms with Crippen LogP contribution in [-0.2, 0) is 13.1 Å². The van der Waals surface area contributed by atoms with E-state index in [1.807, 2.05) is 24.3 Å². The second-order valence-electron chi connectivity index (χ2n) is 7.20. The molecule has 4 rings (SSSR count). The Labute approximate surface area is 185 Å². The number of hydrogen-bond donors (Lipinski definition) is 2. The zero-order valence-corrected chi connectivity index (χ0v) is 18.6. The average molecular weight is 445 g/mol.